The number of hydrogen-bond acceptors (Lipinski definition) is 4. The van der Waals surface area contributed by atoms with Gasteiger partial charge in [0.2, 0.25) is 0 Å². The van der Waals surface area contributed by atoms with Crippen LogP contribution in [0.15, 0.2) is 18.3 Å². The van der Waals surface area contributed by atoms with E-state index in [9.17, 15) is 4.79 Å². The molecule has 2 rings (SSSR count). The molecule has 1 unspecified atom stereocenters. The van der Waals surface area contributed by atoms with E-state index in [2.05, 4.69) is 15.6 Å². The summed E-state index contributed by atoms with van der Waals surface area (Å²) in [5.74, 6) is 1.06. The molecule has 1 amide bonds. The highest BCUT2D eigenvalue weighted by Gasteiger charge is 2.17. The first kappa shape index (κ1) is 14.8. The molecule has 2 heterocycles. The van der Waals surface area contributed by atoms with Gasteiger partial charge in [0.1, 0.15) is 0 Å². The van der Waals surface area contributed by atoms with Crippen LogP contribution < -0.4 is 15.4 Å². The molecule has 1 fully saturated rings. The minimum absolute atomic E-state index is 0.0234. The third kappa shape index (κ3) is 4.20. The lowest BCUT2D eigenvalue weighted by molar-refractivity contribution is 0.0940. The average Bonchev–Trinajstić information content (AvgIpc) is 2.91. The molecule has 0 aromatic carbocycles. The molecule has 0 aliphatic carbocycles. The van der Waals surface area contributed by atoms with Gasteiger partial charge in [-0.1, -0.05) is 0 Å². The van der Waals surface area contributed by atoms with Crippen molar-refractivity contribution in [3.8, 4) is 5.75 Å². The zero-order valence-electron chi connectivity index (χ0n) is 12.2. The van der Waals surface area contributed by atoms with Crippen molar-refractivity contribution in [2.75, 3.05) is 19.6 Å². The van der Waals surface area contributed by atoms with Gasteiger partial charge in [-0.25, -0.2) is 4.98 Å². The highest BCUT2D eigenvalue weighted by Crippen LogP contribution is 2.17. The number of ether oxygens (including phenoxy) is 1. The summed E-state index contributed by atoms with van der Waals surface area (Å²) in [5.41, 5.74) is 0.366. The zero-order chi connectivity index (χ0) is 14.4. The topological polar surface area (TPSA) is 63.2 Å². The van der Waals surface area contributed by atoms with Crippen LogP contribution >= 0.6 is 0 Å². The van der Waals surface area contributed by atoms with Crippen LogP contribution in [-0.2, 0) is 0 Å². The predicted molar refractivity (Wildman–Crippen MR) is 77.9 cm³/mol. The molecule has 0 radical (unpaired) electrons. The molecular weight excluding hydrogens is 254 g/mol. The van der Waals surface area contributed by atoms with Gasteiger partial charge in [-0.15, -0.1) is 0 Å². The maximum Gasteiger partial charge on any atom is 0.273 e. The highest BCUT2D eigenvalue weighted by atomic mass is 16.5. The van der Waals surface area contributed by atoms with Crippen LogP contribution in [0.25, 0.3) is 0 Å². The third-order valence-corrected chi connectivity index (χ3v) is 3.35. The van der Waals surface area contributed by atoms with Crippen molar-refractivity contribution in [2.45, 2.75) is 32.8 Å². The van der Waals surface area contributed by atoms with Crippen LogP contribution in [-0.4, -0.2) is 36.6 Å². The fourth-order valence-electron chi connectivity index (χ4n) is 2.34. The summed E-state index contributed by atoms with van der Waals surface area (Å²) in [7, 11) is 0. The van der Waals surface area contributed by atoms with Gasteiger partial charge >= 0.3 is 0 Å². The number of carbonyl (C=O) groups is 1. The standard InChI is InChI=1S/C15H23N3O2/c1-11(2)20-13-4-3-7-17-14(13)15(19)18-9-6-12-5-8-16-10-12/h3-4,7,11-12,16H,5-6,8-10H2,1-2H3,(H,18,19). The fraction of sp³-hybridized carbons (Fsp3) is 0.600. The van der Waals surface area contributed by atoms with Crippen molar-refractivity contribution in [1.29, 1.82) is 0 Å². The van der Waals surface area contributed by atoms with Gasteiger partial charge in [-0.05, 0) is 57.8 Å². The Morgan fingerprint density at radius 1 is 1.60 bits per heavy atom. The number of pyridine rings is 1. The molecule has 1 aliphatic rings. The lowest BCUT2D eigenvalue weighted by Gasteiger charge is -2.13. The van der Waals surface area contributed by atoms with E-state index in [0.717, 1.165) is 19.5 Å². The second-order valence-corrected chi connectivity index (χ2v) is 5.42. The fourth-order valence-corrected chi connectivity index (χ4v) is 2.34. The van der Waals surface area contributed by atoms with Crippen molar-refractivity contribution in [3.05, 3.63) is 24.0 Å². The van der Waals surface area contributed by atoms with Gasteiger partial charge in [0.05, 0.1) is 6.10 Å². The van der Waals surface area contributed by atoms with Gasteiger partial charge in [0, 0.05) is 12.7 Å². The summed E-state index contributed by atoms with van der Waals surface area (Å²) < 4.78 is 5.61. The van der Waals surface area contributed by atoms with Crippen LogP contribution in [0.3, 0.4) is 0 Å². The van der Waals surface area contributed by atoms with Gasteiger partial charge in [0.15, 0.2) is 11.4 Å². The Hall–Kier alpha value is -1.62. The van der Waals surface area contributed by atoms with E-state index in [-0.39, 0.29) is 12.0 Å². The molecule has 1 atom stereocenters. The van der Waals surface area contributed by atoms with Crippen molar-refractivity contribution >= 4 is 5.91 Å². The molecule has 5 nitrogen and oxygen atoms in total. The lowest BCUT2D eigenvalue weighted by atomic mass is 10.1. The van der Waals surface area contributed by atoms with Crippen LogP contribution in [0.1, 0.15) is 37.2 Å². The van der Waals surface area contributed by atoms with Gasteiger partial charge < -0.3 is 15.4 Å². The highest BCUT2D eigenvalue weighted by molar-refractivity contribution is 5.94. The Kier molecular flexibility index (Phi) is 5.35. The minimum Gasteiger partial charge on any atom is -0.489 e. The number of hydrogen-bond donors (Lipinski definition) is 2. The molecule has 1 aromatic rings. The zero-order valence-corrected chi connectivity index (χ0v) is 12.2. The second kappa shape index (κ2) is 7.24. The van der Waals surface area contributed by atoms with E-state index in [1.165, 1.54) is 6.42 Å². The largest absolute Gasteiger partial charge is 0.489 e. The van der Waals surface area contributed by atoms with Gasteiger partial charge in [0.25, 0.3) is 5.91 Å². The van der Waals surface area contributed by atoms with Crippen LogP contribution in [0.2, 0.25) is 0 Å². The molecule has 1 aliphatic heterocycles. The van der Waals surface area contributed by atoms with E-state index >= 15 is 0 Å². The summed E-state index contributed by atoms with van der Waals surface area (Å²) in [4.78, 5) is 16.3. The molecule has 110 valence electrons. The monoisotopic (exact) mass is 277 g/mol. The minimum atomic E-state index is -0.160. The maximum atomic E-state index is 12.2. The van der Waals surface area contributed by atoms with E-state index in [4.69, 9.17) is 4.74 Å². The molecule has 0 saturated carbocycles. The lowest BCUT2D eigenvalue weighted by Crippen LogP contribution is -2.28. The van der Waals surface area contributed by atoms with Crippen LogP contribution in [0.5, 0.6) is 5.75 Å². The maximum absolute atomic E-state index is 12.2. The van der Waals surface area contributed by atoms with E-state index in [1.54, 1.807) is 18.3 Å². The first-order valence-corrected chi connectivity index (χ1v) is 7.27. The molecule has 1 saturated heterocycles. The van der Waals surface area contributed by atoms with Crippen LogP contribution in [0.4, 0.5) is 0 Å². The third-order valence-electron chi connectivity index (χ3n) is 3.35. The second-order valence-electron chi connectivity index (χ2n) is 5.42. The van der Waals surface area contributed by atoms with Crippen molar-refractivity contribution in [1.82, 2.24) is 15.6 Å². The Balaban J connectivity index is 1.87. The Morgan fingerprint density at radius 2 is 2.45 bits per heavy atom. The first-order valence-electron chi connectivity index (χ1n) is 7.27. The van der Waals surface area contributed by atoms with Gasteiger partial charge in [-0.3, -0.25) is 4.79 Å². The van der Waals surface area contributed by atoms with Crippen molar-refractivity contribution in [2.24, 2.45) is 5.92 Å². The first-order chi connectivity index (χ1) is 9.66. The summed E-state index contributed by atoms with van der Waals surface area (Å²) in [6.07, 6.45) is 3.84. The molecule has 0 bridgehead atoms. The number of nitrogens with one attached hydrogen (secondary N) is 2. The number of nitrogens with zero attached hydrogens (tertiary/aromatic N) is 1. The number of carbonyl (C=O) groups excluding carboxylic acids is 1. The predicted octanol–water partition coefficient (Wildman–Crippen LogP) is 1.60. The Morgan fingerprint density at radius 3 is 3.15 bits per heavy atom. The summed E-state index contributed by atoms with van der Waals surface area (Å²) in [5, 5.41) is 6.26. The molecule has 5 heteroatoms. The van der Waals surface area contributed by atoms with E-state index in [1.807, 2.05) is 13.8 Å². The number of aromatic nitrogens is 1. The molecule has 1 aromatic heterocycles. The molecular formula is C15H23N3O2. The van der Waals surface area contributed by atoms with Crippen LogP contribution in [0, 0.1) is 5.92 Å². The summed E-state index contributed by atoms with van der Waals surface area (Å²) in [6, 6.07) is 3.56. The summed E-state index contributed by atoms with van der Waals surface area (Å²) in [6.45, 7) is 6.69. The molecule has 0 spiro atoms. The normalized spacial score (nSPS) is 18.2. The van der Waals surface area contributed by atoms with Crippen molar-refractivity contribution in [3.63, 3.8) is 0 Å². The van der Waals surface area contributed by atoms with E-state index < -0.39 is 0 Å². The average molecular weight is 277 g/mol. The van der Waals surface area contributed by atoms with E-state index in [0.29, 0.717) is 23.9 Å². The van der Waals surface area contributed by atoms with Crippen molar-refractivity contribution < 1.29 is 9.53 Å². The number of rotatable bonds is 6. The van der Waals surface area contributed by atoms with Gasteiger partial charge in [-0.2, -0.15) is 0 Å². The SMILES string of the molecule is CC(C)Oc1cccnc1C(=O)NCCC1CCNC1. The Bertz CT molecular complexity index is 442. The quantitative estimate of drug-likeness (QED) is 0.829. The molecule has 20 heavy (non-hydrogen) atoms. The number of amides is 1. The summed E-state index contributed by atoms with van der Waals surface area (Å²) >= 11 is 0. The smallest absolute Gasteiger partial charge is 0.273 e. The molecule has 2 N–H and O–H groups in total. The Labute approximate surface area is 120 Å².